The Bertz CT molecular complexity index is 1050. The Labute approximate surface area is 395 Å². The molecule has 364 valence electrons. The molecule has 0 heterocycles. The fourth-order valence-electron chi connectivity index (χ4n) is 9.49. The zero-order chi connectivity index (χ0) is 44.9. The van der Waals surface area contributed by atoms with Crippen LogP contribution in [0.2, 0.25) is 0 Å². The molecule has 2 aromatic carbocycles. The van der Waals surface area contributed by atoms with Gasteiger partial charge in [-0.2, -0.15) is 0 Å². The van der Waals surface area contributed by atoms with E-state index in [0.717, 1.165) is 11.5 Å². The van der Waals surface area contributed by atoms with Crippen molar-refractivity contribution in [3.63, 3.8) is 0 Å². The van der Waals surface area contributed by atoms with Crippen LogP contribution in [0.15, 0.2) is 48.5 Å². The molecule has 0 fully saturated rings. The molecule has 3 heteroatoms. The van der Waals surface area contributed by atoms with E-state index in [-0.39, 0.29) is 0 Å². The quantitative estimate of drug-likeness (QED) is 0.0616. The number of rotatable bonds is 48. The summed E-state index contributed by atoms with van der Waals surface area (Å²) in [6.45, 7) is 13.9. The van der Waals surface area contributed by atoms with Gasteiger partial charge in [0.15, 0.2) is 0 Å². The number of hydrogen-bond donors (Lipinski definition) is 0. The summed E-state index contributed by atoms with van der Waals surface area (Å²) in [6.07, 6.45) is 55.7. The van der Waals surface area contributed by atoms with Crippen LogP contribution in [0.1, 0.15) is 285 Å². The van der Waals surface area contributed by atoms with Gasteiger partial charge in [0, 0.05) is 37.6 Å². The van der Waals surface area contributed by atoms with Gasteiger partial charge in [0.1, 0.15) is 11.5 Å². The first-order valence-corrected chi connectivity index (χ1v) is 28.6. The molecule has 0 aliphatic heterocycles. The van der Waals surface area contributed by atoms with E-state index in [1.54, 1.807) is 0 Å². The maximum atomic E-state index is 6.48. The van der Waals surface area contributed by atoms with Crippen molar-refractivity contribution in [2.75, 3.05) is 36.0 Å². The highest BCUT2D eigenvalue weighted by Gasteiger charge is 2.10. The molecule has 0 aromatic heterocycles. The molecule has 0 aliphatic carbocycles. The Balaban J connectivity index is 1.90. The van der Waals surface area contributed by atoms with Gasteiger partial charge in [-0.3, -0.25) is 0 Å². The molecule has 0 unspecified atom stereocenters. The topological polar surface area (TPSA) is 15.7 Å². The van der Waals surface area contributed by atoms with E-state index in [4.69, 9.17) is 4.74 Å². The van der Waals surface area contributed by atoms with Crippen LogP contribution >= 0.6 is 0 Å². The Morgan fingerprint density at radius 2 is 0.413 bits per heavy atom. The third-order valence-corrected chi connectivity index (χ3v) is 13.8. The number of anilines is 2. The maximum Gasteiger partial charge on any atom is 0.127 e. The molecule has 0 spiro atoms. The number of ether oxygens (including phenoxy) is 1. The lowest BCUT2D eigenvalue weighted by Crippen LogP contribution is -2.25. The summed E-state index contributed by atoms with van der Waals surface area (Å²) in [4.78, 5) is 5.35. The number of nitrogens with zero attached hydrogens (tertiary/aromatic N) is 2. The van der Waals surface area contributed by atoms with Crippen LogP contribution in [0.5, 0.6) is 11.5 Å². The number of hydrogen-bond acceptors (Lipinski definition) is 3. The molecular weight excluding hydrogens is 765 g/mol. The molecule has 0 aliphatic rings. The first kappa shape index (κ1) is 57.0. The minimum absolute atomic E-state index is 0.942. The molecule has 0 saturated carbocycles. The highest BCUT2D eigenvalue weighted by atomic mass is 16.5. The largest absolute Gasteiger partial charge is 0.457 e. The molecule has 63 heavy (non-hydrogen) atoms. The molecule has 2 rings (SSSR count). The Morgan fingerprint density at radius 3 is 0.603 bits per heavy atom. The summed E-state index contributed by atoms with van der Waals surface area (Å²) in [5.41, 5.74) is 2.72. The molecule has 0 amide bonds. The Kier molecular flexibility index (Phi) is 39.5. The fraction of sp³-hybridized carbons (Fsp3) is 0.800. The minimum Gasteiger partial charge on any atom is -0.457 e. The fourth-order valence-corrected chi connectivity index (χ4v) is 9.49. The van der Waals surface area contributed by atoms with Crippen molar-refractivity contribution < 1.29 is 4.74 Å². The van der Waals surface area contributed by atoms with Crippen LogP contribution in [-0.2, 0) is 0 Å². The first-order valence-electron chi connectivity index (χ1n) is 28.6. The van der Waals surface area contributed by atoms with Crippen molar-refractivity contribution in [1.82, 2.24) is 0 Å². The van der Waals surface area contributed by atoms with Crippen LogP contribution < -0.4 is 14.5 Å². The van der Waals surface area contributed by atoms with Gasteiger partial charge in [-0.1, -0.05) is 259 Å². The van der Waals surface area contributed by atoms with Crippen LogP contribution in [0.25, 0.3) is 0 Å². The van der Waals surface area contributed by atoms with E-state index in [1.807, 2.05) is 0 Å². The maximum absolute atomic E-state index is 6.48. The van der Waals surface area contributed by atoms with E-state index < -0.39 is 0 Å². The van der Waals surface area contributed by atoms with E-state index in [9.17, 15) is 0 Å². The predicted octanol–water partition coefficient (Wildman–Crippen LogP) is 20.8. The van der Waals surface area contributed by atoms with Gasteiger partial charge < -0.3 is 14.5 Å². The normalized spacial score (nSPS) is 11.4. The van der Waals surface area contributed by atoms with Gasteiger partial charge in [-0.25, -0.2) is 0 Å². The second-order valence-corrected chi connectivity index (χ2v) is 19.8. The monoisotopic (exact) mass is 873 g/mol. The Morgan fingerprint density at radius 1 is 0.238 bits per heavy atom. The van der Waals surface area contributed by atoms with Gasteiger partial charge >= 0.3 is 0 Å². The van der Waals surface area contributed by atoms with Crippen LogP contribution in [0.3, 0.4) is 0 Å². The summed E-state index contributed by atoms with van der Waals surface area (Å²) < 4.78 is 6.48. The molecule has 0 N–H and O–H groups in total. The van der Waals surface area contributed by atoms with Gasteiger partial charge in [-0.05, 0) is 74.2 Å². The summed E-state index contributed by atoms with van der Waals surface area (Å²) in [5, 5.41) is 0. The van der Waals surface area contributed by atoms with Crippen molar-refractivity contribution in [3.8, 4) is 11.5 Å². The molecular formula is C60H108N2O. The van der Waals surface area contributed by atoms with E-state index >= 15 is 0 Å². The highest BCUT2D eigenvalue weighted by Crippen LogP contribution is 2.28. The summed E-state index contributed by atoms with van der Waals surface area (Å²) in [6, 6.07) is 18.1. The van der Waals surface area contributed by atoms with Gasteiger partial charge in [-0.15, -0.1) is 0 Å². The Hall–Kier alpha value is -2.16. The van der Waals surface area contributed by atoms with Gasteiger partial charge in [0.05, 0.1) is 0 Å². The lowest BCUT2D eigenvalue weighted by molar-refractivity contribution is 0.482. The smallest absolute Gasteiger partial charge is 0.127 e. The average Bonchev–Trinajstić information content (AvgIpc) is 3.30. The standard InChI is InChI=1S/C60H108N2O/c1-5-9-13-17-21-25-29-33-37-41-53-61(54-42-38-34-30-26-22-18-14-10-6-2)57-45-49-59(50-46-57)63-60-51-47-58(48-52-60)62(55-43-39-35-31-27-23-19-15-11-7-3)56-44-40-36-32-28-24-20-16-12-8-4/h45-52H,5-44,53-56H2,1-4H3. The van der Waals surface area contributed by atoms with E-state index in [2.05, 4.69) is 86.0 Å². The van der Waals surface area contributed by atoms with E-state index in [0.29, 0.717) is 0 Å². The highest BCUT2D eigenvalue weighted by molar-refractivity contribution is 5.52. The van der Waals surface area contributed by atoms with Gasteiger partial charge in [0.25, 0.3) is 0 Å². The van der Waals surface area contributed by atoms with Crippen molar-refractivity contribution in [2.45, 2.75) is 285 Å². The second kappa shape index (κ2) is 43.7. The molecule has 0 atom stereocenters. The van der Waals surface area contributed by atoms with Crippen LogP contribution in [0.4, 0.5) is 11.4 Å². The SMILES string of the molecule is CCCCCCCCCCCCN(CCCCCCCCCCCC)c1ccc(Oc2ccc(N(CCCCCCCCCCCC)CCCCCCCCCCCC)cc2)cc1. The van der Waals surface area contributed by atoms with Crippen LogP contribution in [0, 0.1) is 0 Å². The van der Waals surface area contributed by atoms with Crippen molar-refractivity contribution >= 4 is 11.4 Å². The zero-order valence-electron chi connectivity index (χ0n) is 43.0. The van der Waals surface area contributed by atoms with E-state index in [1.165, 1.54) is 294 Å². The summed E-state index contributed by atoms with van der Waals surface area (Å²) in [5.74, 6) is 1.88. The van der Waals surface area contributed by atoms with Gasteiger partial charge in [0.2, 0.25) is 0 Å². The van der Waals surface area contributed by atoms with Crippen LogP contribution in [-0.4, -0.2) is 26.2 Å². The summed E-state index contributed by atoms with van der Waals surface area (Å²) in [7, 11) is 0. The average molecular weight is 874 g/mol. The zero-order valence-corrected chi connectivity index (χ0v) is 43.0. The molecule has 2 aromatic rings. The third kappa shape index (κ3) is 33.0. The number of benzene rings is 2. The lowest BCUT2D eigenvalue weighted by Gasteiger charge is -2.26. The van der Waals surface area contributed by atoms with Crippen molar-refractivity contribution in [1.29, 1.82) is 0 Å². The number of unbranched alkanes of at least 4 members (excludes halogenated alkanes) is 36. The minimum atomic E-state index is 0.942. The third-order valence-electron chi connectivity index (χ3n) is 13.8. The molecule has 0 saturated heterocycles. The predicted molar refractivity (Wildman–Crippen MR) is 285 cm³/mol. The lowest BCUT2D eigenvalue weighted by atomic mass is 10.1. The van der Waals surface area contributed by atoms with Crippen molar-refractivity contribution in [3.05, 3.63) is 48.5 Å². The molecule has 3 nitrogen and oxygen atoms in total. The van der Waals surface area contributed by atoms with Crippen molar-refractivity contribution in [2.24, 2.45) is 0 Å². The molecule has 0 bridgehead atoms. The first-order chi connectivity index (χ1) is 31.2. The summed E-state index contributed by atoms with van der Waals surface area (Å²) >= 11 is 0. The molecule has 0 radical (unpaired) electrons. The second-order valence-electron chi connectivity index (χ2n) is 19.8.